The van der Waals surface area contributed by atoms with Gasteiger partial charge in [0, 0.05) is 17.3 Å². The van der Waals surface area contributed by atoms with Crippen LogP contribution in [0.3, 0.4) is 0 Å². The maximum Gasteiger partial charge on any atom is 0.193 e. The van der Waals surface area contributed by atoms with Crippen LogP contribution in [0.1, 0.15) is 21.6 Å². The van der Waals surface area contributed by atoms with Crippen molar-refractivity contribution in [1.29, 1.82) is 0 Å². The van der Waals surface area contributed by atoms with Crippen molar-refractivity contribution in [2.75, 3.05) is 0 Å². The Morgan fingerprint density at radius 3 is 2.56 bits per heavy atom. The minimum atomic E-state index is -0.657. The Morgan fingerprint density at radius 2 is 1.88 bits per heavy atom. The van der Waals surface area contributed by atoms with E-state index in [1.54, 1.807) is 30.3 Å². The van der Waals surface area contributed by atoms with Crippen LogP contribution in [0.5, 0.6) is 0 Å². The quantitative estimate of drug-likeness (QED) is 0.737. The summed E-state index contributed by atoms with van der Waals surface area (Å²) in [5.41, 5.74) is 1.34. The van der Waals surface area contributed by atoms with Crippen molar-refractivity contribution in [1.82, 2.24) is 4.98 Å². The number of benzene rings is 1. The van der Waals surface area contributed by atoms with Gasteiger partial charge >= 0.3 is 0 Å². The summed E-state index contributed by atoms with van der Waals surface area (Å²) in [5.74, 6) is -0.113. The van der Waals surface area contributed by atoms with E-state index in [-0.39, 0.29) is 11.5 Å². The van der Waals surface area contributed by atoms with E-state index >= 15 is 0 Å². The Labute approximate surface area is 92.8 Å². The van der Waals surface area contributed by atoms with Gasteiger partial charge in [0.15, 0.2) is 5.78 Å². The summed E-state index contributed by atoms with van der Waals surface area (Å²) in [6, 6.07) is 12.0. The highest BCUT2D eigenvalue weighted by atomic mass is 19.1. The first-order valence-electron chi connectivity index (χ1n) is 4.92. The molecule has 0 amide bonds. The molecule has 0 unspecified atom stereocenters. The number of pyridine rings is 1. The van der Waals surface area contributed by atoms with Crippen molar-refractivity contribution in [2.24, 2.45) is 0 Å². The SMILES string of the molecule is O=C(c1ccccc1)c1ccnc(CF)c1. The molecule has 0 bridgehead atoms. The highest BCUT2D eigenvalue weighted by Crippen LogP contribution is 2.10. The predicted octanol–water partition coefficient (Wildman–Crippen LogP) is 2.78. The molecule has 2 aromatic rings. The second kappa shape index (κ2) is 4.66. The third-order valence-electron chi connectivity index (χ3n) is 2.25. The van der Waals surface area contributed by atoms with Crippen LogP contribution in [0.15, 0.2) is 48.7 Å². The lowest BCUT2D eigenvalue weighted by Crippen LogP contribution is -2.02. The summed E-state index contributed by atoms with van der Waals surface area (Å²) < 4.78 is 12.4. The van der Waals surface area contributed by atoms with Crippen LogP contribution in [0.2, 0.25) is 0 Å². The molecule has 2 rings (SSSR count). The lowest BCUT2D eigenvalue weighted by molar-refractivity contribution is 0.103. The summed E-state index contributed by atoms with van der Waals surface area (Å²) in [6.45, 7) is -0.657. The smallest absolute Gasteiger partial charge is 0.193 e. The Balaban J connectivity index is 2.34. The minimum absolute atomic E-state index is 0.113. The molecule has 0 fully saturated rings. The van der Waals surface area contributed by atoms with Crippen LogP contribution in [0, 0.1) is 0 Å². The van der Waals surface area contributed by atoms with Gasteiger partial charge in [0.05, 0.1) is 5.69 Å². The normalized spacial score (nSPS) is 10.1. The van der Waals surface area contributed by atoms with Gasteiger partial charge in [-0.15, -0.1) is 0 Å². The maximum absolute atomic E-state index is 12.4. The number of rotatable bonds is 3. The zero-order valence-electron chi connectivity index (χ0n) is 8.56. The van der Waals surface area contributed by atoms with Gasteiger partial charge < -0.3 is 0 Å². The van der Waals surface area contributed by atoms with E-state index in [0.717, 1.165) is 0 Å². The second-order valence-electron chi connectivity index (χ2n) is 3.36. The van der Waals surface area contributed by atoms with Gasteiger partial charge in [0.1, 0.15) is 6.67 Å². The van der Waals surface area contributed by atoms with Crippen LogP contribution >= 0.6 is 0 Å². The molecule has 0 N–H and O–H groups in total. The fraction of sp³-hybridized carbons (Fsp3) is 0.0769. The molecule has 80 valence electrons. The standard InChI is InChI=1S/C13H10FNO/c14-9-12-8-11(6-7-15-12)13(16)10-4-2-1-3-5-10/h1-8H,9H2. The molecule has 0 aliphatic heterocycles. The third kappa shape index (κ3) is 2.14. The number of hydrogen-bond acceptors (Lipinski definition) is 2. The summed E-state index contributed by atoms with van der Waals surface area (Å²) in [4.78, 5) is 15.8. The number of carbonyl (C=O) groups excluding carboxylic acids is 1. The van der Waals surface area contributed by atoms with Crippen LogP contribution in [0.4, 0.5) is 4.39 Å². The number of carbonyl (C=O) groups is 1. The van der Waals surface area contributed by atoms with E-state index < -0.39 is 6.67 Å². The Bertz CT molecular complexity index is 496. The van der Waals surface area contributed by atoms with Crippen molar-refractivity contribution in [3.05, 3.63) is 65.5 Å². The van der Waals surface area contributed by atoms with Gasteiger partial charge in [-0.2, -0.15) is 0 Å². The number of alkyl halides is 1. The number of halogens is 1. The van der Waals surface area contributed by atoms with Gasteiger partial charge in [-0.25, -0.2) is 4.39 Å². The van der Waals surface area contributed by atoms with Gasteiger partial charge in [0.2, 0.25) is 0 Å². The fourth-order valence-corrected chi connectivity index (χ4v) is 1.45. The molecule has 0 radical (unpaired) electrons. The summed E-state index contributed by atoms with van der Waals surface area (Å²) >= 11 is 0. The lowest BCUT2D eigenvalue weighted by atomic mass is 10.0. The van der Waals surface area contributed by atoms with Crippen LogP contribution in [-0.2, 0) is 6.67 Å². The Hall–Kier alpha value is -2.03. The monoisotopic (exact) mass is 215 g/mol. The molecule has 1 aromatic heterocycles. The van der Waals surface area contributed by atoms with E-state index in [2.05, 4.69) is 4.98 Å². The highest BCUT2D eigenvalue weighted by Gasteiger charge is 2.08. The summed E-state index contributed by atoms with van der Waals surface area (Å²) in [7, 11) is 0. The molecule has 0 saturated heterocycles. The van der Waals surface area contributed by atoms with Crippen LogP contribution in [0.25, 0.3) is 0 Å². The summed E-state index contributed by atoms with van der Waals surface area (Å²) in [5, 5.41) is 0. The zero-order chi connectivity index (χ0) is 11.4. The number of nitrogens with zero attached hydrogens (tertiary/aromatic N) is 1. The van der Waals surface area contributed by atoms with Crippen molar-refractivity contribution in [3.8, 4) is 0 Å². The minimum Gasteiger partial charge on any atom is -0.289 e. The number of aromatic nitrogens is 1. The second-order valence-corrected chi connectivity index (χ2v) is 3.36. The van der Waals surface area contributed by atoms with E-state index in [9.17, 15) is 9.18 Å². The first kappa shape index (κ1) is 10.5. The zero-order valence-corrected chi connectivity index (χ0v) is 8.56. The number of ketones is 1. The molecule has 1 heterocycles. The van der Waals surface area contributed by atoms with Gasteiger partial charge in [-0.1, -0.05) is 30.3 Å². The van der Waals surface area contributed by atoms with Crippen molar-refractivity contribution in [2.45, 2.75) is 6.67 Å². The van der Waals surface area contributed by atoms with Crippen molar-refractivity contribution >= 4 is 5.78 Å². The molecule has 0 aliphatic carbocycles. The van der Waals surface area contributed by atoms with E-state index in [0.29, 0.717) is 11.1 Å². The molecule has 0 saturated carbocycles. The van der Waals surface area contributed by atoms with E-state index in [1.807, 2.05) is 6.07 Å². The average molecular weight is 215 g/mol. The lowest BCUT2D eigenvalue weighted by Gasteiger charge is -2.01. The third-order valence-corrected chi connectivity index (χ3v) is 2.25. The summed E-state index contributed by atoms with van der Waals surface area (Å²) in [6.07, 6.45) is 1.45. The van der Waals surface area contributed by atoms with Gasteiger partial charge in [0.25, 0.3) is 0 Å². The van der Waals surface area contributed by atoms with Crippen molar-refractivity contribution in [3.63, 3.8) is 0 Å². The molecular formula is C13H10FNO. The molecule has 2 nitrogen and oxygen atoms in total. The van der Waals surface area contributed by atoms with Crippen LogP contribution < -0.4 is 0 Å². The van der Waals surface area contributed by atoms with Gasteiger partial charge in [-0.05, 0) is 12.1 Å². The maximum atomic E-state index is 12.4. The van der Waals surface area contributed by atoms with Crippen LogP contribution in [-0.4, -0.2) is 10.8 Å². The molecule has 16 heavy (non-hydrogen) atoms. The van der Waals surface area contributed by atoms with Crippen molar-refractivity contribution < 1.29 is 9.18 Å². The number of hydrogen-bond donors (Lipinski definition) is 0. The van der Waals surface area contributed by atoms with E-state index in [4.69, 9.17) is 0 Å². The molecule has 0 spiro atoms. The predicted molar refractivity (Wildman–Crippen MR) is 58.9 cm³/mol. The first-order valence-corrected chi connectivity index (χ1v) is 4.92. The molecule has 0 atom stereocenters. The first-order chi connectivity index (χ1) is 7.81. The molecular weight excluding hydrogens is 205 g/mol. The van der Waals surface area contributed by atoms with Gasteiger partial charge in [-0.3, -0.25) is 9.78 Å². The molecule has 0 aliphatic rings. The van der Waals surface area contributed by atoms with E-state index in [1.165, 1.54) is 12.3 Å². The highest BCUT2D eigenvalue weighted by molar-refractivity contribution is 6.08. The average Bonchev–Trinajstić information content (AvgIpc) is 2.39. The largest absolute Gasteiger partial charge is 0.289 e. The Morgan fingerprint density at radius 1 is 1.12 bits per heavy atom. The molecule has 1 aromatic carbocycles. The molecule has 3 heteroatoms. The fourth-order valence-electron chi connectivity index (χ4n) is 1.45. The Kier molecular flexibility index (Phi) is 3.05. The topological polar surface area (TPSA) is 30.0 Å².